The highest BCUT2D eigenvalue weighted by atomic mass is 19.1. The van der Waals surface area contributed by atoms with Crippen LogP contribution >= 0.6 is 0 Å². The number of nitrogens with zero attached hydrogens (tertiary/aromatic N) is 1. The minimum Gasteiger partial charge on any atom is -0.348 e. The lowest BCUT2D eigenvalue weighted by molar-refractivity contribution is -0.385. The van der Waals surface area contributed by atoms with Crippen LogP contribution in [0, 0.1) is 21.8 Å². The minimum absolute atomic E-state index is 0.233. The predicted octanol–water partition coefficient (Wildman–Crippen LogP) is 1.98. The molecule has 0 spiro atoms. The Kier molecular flexibility index (Phi) is 4.85. The third-order valence-electron chi connectivity index (χ3n) is 3.94. The number of benzene rings is 1. The van der Waals surface area contributed by atoms with Crippen molar-refractivity contribution >= 4 is 11.6 Å². The standard InChI is InChI=1S/C14H18FN3O3/c15-10-5-6-13(18(20)21)11(7-10)14(19)17-12(8-16)9-3-1-2-4-9/h5-7,9,12H,1-4,8,16H2,(H,17,19). The molecule has 1 fully saturated rings. The predicted molar refractivity (Wildman–Crippen MR) is 75.3 cm³/mol. The third kappa shape index (κ3) is 3.55. The van der Waals surface area contributed by atoms with Gasteiger partial charge in [-0.3, -0.25) is 14.9 Å². The van der Waals surface area contributed by atoms with Crippen LogP contribution in [0.1, 0.15) is 36.0 Å². The zero-order valence-electron chi connectivity index (χ0n) is 11.5. The van der Waals surface area contributed by atoms with Gasteiger partial charge in [0.1, 0.15) is 11.4 Å². The van der Waals surface area contributed by atoms with Gasteiger partial charge in [-0.1, -0.05) is 12.8 Å². The molecule has 1 aliphatic rings. The third-order valence-corrected chi connectivity index (χ3v) is 3.94. The number of halogens is 1. The fourth-order valence-electron chi connectivity index (χ4n) is 2.82. The van der Waals surface area contributed by atoms with E-state index in [1.807, 2.05) is 0 Å². The second-order valence-corrected chi connectivity index (χ2v) is 5.28. The number of nitro groups is 1. The van der Waals surface area contributed by atoms with Gasteiger partial charge >= 0.3 is 0 Å². The lowest BCUT2D eigenvalue weighted by Gasteiger charge is -2.23. The van der Waals surface area contributed by atoms with Crippen LogP contribution in [0.25, 0.3) is 0 Å². The molecule has 114 valence electrons. The summed E-state index contributed by atoms with van der Waals surface area (Å²) in [6.07, 6.45) is 4.15. The molecule has 2 rings (SSSR count). The fraction of sp³-hybridized carbons (Fsp3) is 0.500. The molecule has 0 aromatic heterocycles. The van der Waals surface area contributed by atoms with E-state index in [0.717, 1.165) is 43.9 Å². The van der Waals surface area contributed by atoms with Crippen molar-refractivity contribution in [2.45, 2.75) is 31.7 Å². The molecule has 0 heterocycles. The van der Waals surface area contributed by atoms with E-state index < -0.39 is 22.3 Å². The normalized spacial score (nSPS) is 16.7. The zero-order chi connectivity index (χ0) is 15.4. The Morgan fingerprint density at radius 3 is 2.71 bits per heavy atom. The molecule has 6 nitrogen and oxygen atoms in total. The van der Waals surface area contributed by atoms with Gasteiger partial charge in [0.25, 0.3) is 11.6 Å². The number of carbonyl (C=O) groups excluding carboxylic acids is 1. The number of hydrogen-bond acceptors (Lipinski definition) is 4. The zero-order valence-corrected chi connectivity index (χ0v) is 11.5. The Morgan fingerprint density at radius 1 is 1.48 bits per heavy atom. The molecule has 0 radical (unpaired) electrons. The summed E-state index contributed by atoms with van der Waals surface area (Å²) < 4.78 is 13.3. The van der Waals surface area contributed by atoms with Gasteiger partial charge in [0.05, 0.1) is 4.92 Å². The Morgan fingerprint density at radius 2 is 2.14 bits per heavy atom. The number of nitrogens with two attached hydrogens (primary N) is 1. The van der Waals surface area contributed by atoms with Crippen LogP contribution in [0.15, 0.2) is 18.2 Å². The van der Waals surface area contributed by atoms with E-state index in [-0.39, 0.29) is 24.1 Å². The molecule has 21 heavy (non-hydrogen) atoms. The molecule has 0 saturated heterocycles. The molecular formula is C14H18FN3O3. The summed E-state index contributed by atoms with van der Waals surface area (Å²) in [5.74, 6) is -1.05. The molecule has 1 atom stereocenters. The molecule has 3 N–H and O–H groups in total. The molecule has 0 aliphatic heterocycles. The number of nitro benzene ring substituents is 1. The van der Waals surface area contributed by atoms with Crippen molar-refractivity contribution < 1.29 is 14.1 Å². The Hall–Kier alpha value is -2.02. The molecule has 1 aliphatic carbocycles. The van der Waals surface area contributed by atoms with Crippen LogP contribution < -0.4 is 11.1 Å². The van der Waals surface area contributed by atoms with E-state index in [1.165, 1.54) is 0 Å². The van der Waals surface area contributed by atoms with Crippen molar-refractivity contribution in [1.29, 1.82) is 0 Å². The van der Waals surface area contributed by atoms with Gasteiger partial charge in [0.2, 0.25) is 0 Å². The van der Waals surface area contributed by atoms with E-state index >= 15 is 0 Å². The summed E-state index contributed by atoms with van der Waals surface area (Å²) in [5, 5.41) is 13.6. The summed E-state index contributed by atoms with van der Waals surface area (Å²) in [5.41, 5.74) is 5.01. The number of rotatable bonds is 5. The lowest BCUT2D eigenvalue weighted by Crippen LogP contribution is -2.44. The van der Waals surface area contributed by atoms with Crippen LogP contribution in [0.3, 0.4) is 0 Å². The second kappa shape index (κ2) is 6.62. The van der Waals surface area contributed by atoms with Crippen molar-refractivity contribution in [1.82, 2.24) is 5.32 Å². The van der Waals surface area contributed by atoms with Gasteiger partial charge in [-0.25, -0.2) is 4.39 Å². The van der Waals surface area contributed by atoms with E-state index in [2.05, 4.69) is 5.32 Å². The molecule has 1 amide bonds. The van der Waals surface area contributed by atoms with Crippen LogP contribution in [-0.2, 0) is 0 Å². The quantitative estimate of drug-likeness (QED) is 0.641. The first-order valence-corrected chi connectivity index (χ1v) is 6.97. The molecule has 1 aromatic carbocycles. The molecular weight excluding hydrogens is 277 g/mol. The minimum atomic E-state index is -0.693. The summed E-state index contributed by atoms with van der Waals surface area (Å²) in [4.78, 5) is 22.4. The SMILES string of the molecule is NCC(NC(=O)c1cc(F)ccc1[N+](=O)[O-])C1CCCC1. The maximum Gasteiger partial charge on any atom is 0.282 e. The Bertz CT molecular complexity index is 544. The van der Waals surface area contributed by atoms with Crippen molar-refractivity contribution in [3.63, 3.8) is 0 Å². The summed E-state index contributed by atoms with van der Waals surface area (Å²) >= 11 is 0. The van der Waals surface area contributed by atoms with Crippen LogP contribution in [0.4, 0.5) is 10.1 Å². The van der Waals surface area contributed by atoms with E-state index in [1.54, 1.807) is 0 Å². The largest absolute Gasteiger partial charge is 0.348 e. The number of amides is 1. The molecule has 1 saturated carbocycles. The average molecular weight is 295 g/mol. The average Bonchev–Trinajstić information content (AvgIpc) is 2.98. The highest BCUT2D eigenvalue weighted by Gasteiger charge is 2.28. The first-order valence-electron chi connectivity index (χ1n) is 6.97. The maximum absolute atomic E-state index is 13.3. The van der Waals surface area contributed by atoms with Crippen molar-refractivity contribution in [3.8, 4) is 0 Å². The van der Waals surface area contributed by atoms with E-state index in [0.29, 0.717) is 0 Å². The number of nitrogens with one attached hydrogen (secondary N) is 1. The van der Waals surface area contributed by atoms with E-state index in [4.69, 9.17) is 5.73 Å². The first kappa shape index (κ1) is 15.4. The molecule has 1 aromatic rings. The van der Waals surface area contributed by atoms with Crippen LogP contribution in [-0.4, -0.2) is 23.4 Å². The Balaban J connectivity index is 2.19. The second-order valence-electron chi connectivity index (χ2n) is 5.28. The smallest absolute Gasteiger partial charge is 0.282 e. The lowest BCUT2D eigenvalue weighted by atomic mass is 9.97. The monoisotopic (exact) mass is 295 g/mol. The Labute approximate surface area is 121 Å². The molecule has 7 heteroatoms. The summed E-state index contributed by atoms with van der Waals surface area (Å²) in [7, 11) is 0. The molecule has 0 bridgehead atoms. The van der Waals surface area contributed by atoms with Gasteiger partial charge in [-0.2, -0.15) is 0 Å². The van der Waals surface area contributed by atoms with Gasteiger partial charge < -0.3 is 11.1 Å². The fourth-order valence-corrected chi connectivity index (χ4v) is 2.82. The van der Waals surface area contributed by atoms with Crippen LogP contribution in [0.2, 0.25) is 0 Å². The van der Waals surface area contributed by atoms with Crippen molar-refractivity contribution in [3.05, 3.63) is 39.7 Å². The van der Waals surface area contributed by atoms with E-state index in [9.17, 15) is 19.3 Å². The maximum atomic E-state index is 13.3. The molecule has 1 unspecified atom stereocenters. The van der Waals surface area contributed by atoms with Crippen LogP contribution in [0.5, 0.6) is 0 Å². The van der Waals surface area contributed by atoms with Gasteiger partial charge in [0.15, 0.2) is 0 Å². The topological polar surface area (TPSA) is 98.3 Å². The van der Waals surface area contributed by atoms with Gasteiger partial charge in [0, 0.05) is 18.7 Å². The number of hydrogen-bond donors (Lipinski definition) is 2. The number of carbonyl (C=O) groups is 1. The van der Waals surface area contributed by atoms with Gasteiger partial charge in [-0.05, 0) is 30.9 Å². The van der Waals surface area contributed by atoms with Gasteiger partial charge in [-0.15, -0.1) is 0 Å². The highest BCUT2D eigenvalue weighted by molar-refractivity contribution is 5.98. The van der Waals surface area contributed by atoms with Crippen molar-refractivity contribution in [2.75, 3.05) is 6.54 Å². The van der Waals surface area contributed by atoms with Crippen molar-refractivity contribution in [2.24, 2.45) is 11.7 Å². The highest BCUT2D eigenvalue weighted by Crippen LogP contribution is 2.28. The summed E-state index contributed by atoms with van der Waals surface area (Å²) in [6.45, 7) is 0.263. The first-order chi connectivity index (χ1) is 10.0. The summed E-state index contributed by atoms with van der Waals surface area (Å²) in [6, 6.07) is 2.61.